The highest BCUT2D eigenvalue weighted by Crippen LogP contribution is 2.44. The van der Waals surface area contributed by atoms with Gasteiger partial charge in [-0.3, -0.25) is 4.79 Å². The van der Waals surface area contributed by atoms with Crippen LogP contribution in [0, 0.1) is 0 Å². The average Bonchev–Trinajstić information content (AvgIpc) is 3.20. The van der Waals surface area contributed by atoms with Gasteiger partial charge in [0, 0.05) is 25.1 Å². The van der Waals surface area contributed by atoms with Crippen molar-refractivity contribution in [3.8, 4) is 11.1 Å². The van der Waals surface area contributed by atoms with E-state index in [-0.39, 0.29) is 25.0 Å². The smallest absolute Gasteiger partial charge is 0.407 e. The fourth-order valence-corrected chi connectivity index (χ4v) is 4.43. The Hall–Kier alpha value is -4.13. The molecular formula is C28H28N2O5. The Kier molecular flexibility index (Phi) is 7.15. The van der Waals surface area contributed by atoms with Gasteiger partial charge in [0.1, 0.15) is 12.6 Å². The van der Waals surface area contributed by atoms with Crippen LogP contribution in [0.3, 0.4) is 0 Å². The maximum absolute atomic E-state index is 12.8. The van der Waals surface area contributed by atoms with Crippen LogP contribution in [-0.2, 0) is 16.0 Å². The van der Waals surface area contributed by atoms with Gasteiger partial charge in [-0.15, -0.1) is 0 Å². The summed E-state index contributed by atoms with van der Waals surface area (Å²) in [6.45, 7) is 1.97. The molecule has 0 aliphatic heterocycles. The van der Waals surface area contributed by atoms with Gasteiger partial charge in [-0.25, -0.2) is 9.59 Å². The SMILES string of the molecule is C[C@@H](C(=O)O)N(C)C(=O)c1ccccc1CCNC(=O)OCC1c2ccccc2-c2ccccc21. The Morgan fingerprint density at radius 3 is 2.14 bits per heavy atom. The summed E-state index contributed by atoms with van der Waals surface area (Å²) in [4.78, 5) is 37.7. The van der Waals surface area contributed by atoms with Gasteiger partial charge in [-0.2, -0.15) is 0 Å². The first-order valence-electron chi connectivity index (χ1n) is 11.5. The molecule has 0 spiro atoms. The molecule has 3 aromatic carbocycles. The molecule has 7 heteroatoms. The molecule has 3 aromatic rings. The number of hydrogen-bond acceptors (Lipinski definition) is 4. The minimum absolute atomic E-state index is 0.0155. The highest BCUT2D eigenvalue weighted by Gasteiger charge is 2.29. The number of nitrogens with one attached hydrogen (secondary N) is 1. The molecule has 35 heavy (non-hydrogen) atoms. The number of likely N-dealkylation sites (N-methyl/N-ethyl adjacent to an activating group) is 1. The van der Waals surface area contributed by atoms with Gasteiger partial charge in [-0.05, 0) is 47.2 Å². The summed E-state index contributed by atoms with van der Waals surface area (Å²) in [7, 11) is 1.47. The van der Waals surface area contributed by atoms with E-state index in [1.165, 1.54) is 30.0 Å². The maximum atomic E-state index is 12.8. The van der Waals surface area contributed by atoms with Crippen LogP contribution in [0.25, 0.3) is 11.1 Å². The van der Waals surface area contributed by atoms with E-state index in [4.69, 9.17) is 4.74 Å². The van der Waals surface area contributed by atoms with Crippen molar-refractivity contribution in [2.24, 2.45) is 0 Å². The molecule has 180 valence electrons. The predicted octanol–water partition coefficient (Wildman–Crippen LogP) is 4.31. The highest BCUT2D eigenvalue weighted by atomic mass is 16.5. The lowest BCUT2D eigenvalue weighted by Crippen LogP contribution is -2.40. The molecule has 1 aliphatic rings. The van der Waals surface area contributed by atoms with Crippen molar-refractivity contribution in [2.75, 3.05) is 20.2 Å². The summed E-state index contributed by atoms with van der Waals surface area (Å²) in [5.74, 6) is -1.47. The minimum atomic E-state index is -1.07. The third kappa shape index (κ3) is 5.04. The monoisotopic (exact) mass is 472 g/mol. The van der Waals surface area contributed by atoms with Crippen molar-refractivity contribution in [2.45, 2.75) is 25.3 Å². The number of fused-ring (bicyclic) bond motifs is 3. The number of aliphatic carboxylic acids is 1. The quantitative estimate of drug-likeness (QED) is 0.509. The normalized spacial score (nSPS) is 12.9. The number of hydrogen-bond donors (Lipinski definition) is 2. The summed E-state index contributed by atoms with van der Waals surface area (Å²) < 4.78 is 5.56. The lowest BCUT2D eigenvalue weighted by Gasteiger charge is -2.22. The summed E-state index contributed by atoms with van der Waals surface area (Å²) in [5, 5.41) is 12.0. The van der Waals surface area contributed by atoms with Crippen molar-refractivity contribution in [1.82, 2.24) is 10.2 Å². The lowest BCUT2D eigenvalue weighted by molar-refractivity contribution is -0.141. The molecule has 0 bridgehead atoms. The van der Waals surface area contributed by atoms with Crippen LogP contribution in [0.1, 0.15) is 39.9 Å². The van der Waals surface area contributed by atoms with E-state index in [1.807, 2.05) is 24.3 Å². The molecule has 0 fully saturated rings. The van der Waals surface area contributed by atoms with E-state index in [9.17, 15) is 19.5 Å². The van der Waals surface area contributed by atoms with E-state index in [2.05, 4.69) is 29.6 Å². The summed E-state index contributed by atoms with van der Waals surface area (Å²) >= 11 is 0. The van der Waals surface area contributed by atoms with Crippen LogP contribution in [0.15, 0.2) is 72.8 Å². The Labute approximate surface area is 204 Å². The highest BCUT2D eigenvalue weighted by molar-refractivity contribution is 5.97. The summed E-state index contributed by atoms with van der Waals surface area (Å²) in [5.41, 5.74) is 5.77. The van der Waals surface area contributed by atoms with Crippen LogP contribution in [0.5, 0.6) is 0 Å². The Balaban J connectivity index is 1.34. The van der Waals surface area contributed by atoms with E-state index in [0.717, 1.165) is 16.7 Å². The van der Waals surface area contributed by atoms with Crippen LogP contribution in [0.2, 0.25) is 0 Å². The number of rotatable bonds is 8. The molecule has 1 atom stereocenters. The number of amides is 2. The standard InChI is InChI=1S/C28H28N2O5/c1-18(27(32)33)30(2)26(31)20-10-4-3-9-19(20)15-16-29-28(34)35-17-25-23-13-7-5-11-21(23)22-12-6-8-14-24(22)25/h3-14,18,25H,15-17H2,1-2H3,(H,29,34)(H,32,33)/t18-/m0/s1. The van der Waals surface area contributed by atoms with Crippen molar-refractivity contribution in [3.05, 3.63) is 95.1 Å². The van der Waals surface area contributed by atoms with Gasteiger partial charge in [0.2, 0.25) is 0 Å². The molecule has 0 radical (unpaired) electrons. The number of carbonyl (C=O) groups excluding carboxylic acids is 2. The fourth-order valence-electron chi connectivity index (χ4n) is 4.43. The van der Waals surface area contributed by atoms with E-state index in [0.29, 0.717) is 12.0 Å². The molecular weight excluding hydrogens is 444 g/mol. The number of alkyl carbamates (subject to hydrolysis) is 1. The van der Waals surface area contributed by atoms with E-state index < -0.39 is 18.1 Å². The van der Waals surface area contributed by atoms with Crippen LogP contribution in [0.4, 0.5) is 4.79 Å². The Bertz CT molecular complexity index is 1210. The minimum Gasteiger partial charge on any atom is -0.480 e. The number of carboxylic acids is 1. The Morgan fingerprint density at radius 2 is 1.51 bits per heavy atom. The van der Waals surface area contributed by atoms with Crippen molar-refractivity contribution in [1.29, 1.82) is 0 Å². The summed E-state index contributed by atoms with van der Waals surface area (Å²) in [6, 6.07) is 22.3. The molecule has 0 aromatic heterocycles. The van der Waals surface area contributed by atoms with Crippen LogP contribution in [-0.4, -0.2) is 54.2 Å². The molecule has 0 saturated carbocycles. The molecule has 2 N–H and O–H groups in total. The van der Waals surface area contributed by atoms with E-state index >= 15 is 0 Å². The van der Waals surface area contributed by atoms with Crippen molar-refractivity contribution >= 4 is 18.0 Å². The average molecular weight is 473 g/mol. The second kappa shape index (κ2) is 10.4. The van der Waals surface area contributed by atoms with Crippen molar-refractivity contribution < 1.29 is 24.2 Å². The molecule has 4 rings (SSSR count). The third-order valence-corrected chi connectivity index (χ3v) is 6.51. The maximum Gasteiger partial charge on any atom is 0.407 e. The van der Waals surface area contributed by atoms with E-state index in [1.54, 1.807) is 24.3 Å². The number of benzene rings is 3. The third-order valence-electron chi connectivity index (χ3n) is 6.51. The molecule has 0 saturated heterocycles. The number of carboxylic acid groups (broad SMARTS) is 1. The zero-order valence-electron chi connectivity index (χ0n) is 19.7. The van der Waals surface area contributed by atoms with Gasteiger partial charge in [-0.1, -0.05) is 66.7 Å². The van der Waals surface area contributed by atoms with Gasteiger partial charge >= 0.3 is 12.1 Å². The molecule has 2 amide bonds. The molecule has 0 unspecified atom stereocenters. The van der Waals surface area contributed by atoms with Crippen LogP contribution < -0.4 is 5.32 Å². The van der Waals surface area contributed by atoms with Gasteiger partial charge in [0.15, 0.2) is 0 Å². The second-order valence-electron chi connectivity index (χ2n) is 8.59. The zero-order valence-corrected chi connectivity index (χ0v) is 19.7. The number of nitrogens with zero attached hydrogens (tertiary/aromatic N) is 1. The van der Waals surface area contributed by atoms with Gasteiger partial charge < -0.3 is 20.1 Å². The fraction of sp³-hybridized carbons (Fsp3) is 0.250. The second-order valence-corrected chi connectivity index (χ2v) is 8.59. The first kappa shape index (κ1) is 24.0. The topological polar surface area (TPSA) is 95.9 Å². The Morgan fingerprint density at radius 1 is 0.943 bits per heavy atom. The van der Waals surface area contributed by atoms with Gasteiger partial charge in [0.25, 0.3) is 5.91 Å². The summed E-state index contributed by atoms with van der Waals surface area (Å²) in [6.07, 6.45) is -0.117. The first-order chi connectivity index (χ1) is 16.9. The zero-order chi connectivity index (χ0) is 24.9. The largest absolute Gasteiger partial charge is 0.480 e. The van der Waals surface area contributed by atoms with Crippen LogP contribution >= 0.6 is 0 Å². The predicted molar refractivity (Wildman–Crippen MR) is 132 cm³/mol. The molecule has 0 heterocycles. The number of ether oxygens (including phenoxy) is 1. The van der Waals surface area contributed by atoms with Crippen molar-refractivity contribution in [3.63, 3.8) is 0 Å². The van der Waals surface area contributed by atoms with Gasteiger partial charge in [0.05, 0.1) is 0 Å². The first-order valence-corrected chi connectivity index (χ1v) is 11.5. The number of carbonyl (C=O) groups is 3. The lowest BCUT2D eigenvalue weighted by atomic mass is 9.98. The molecule has 7 nitrogen and oxygen atoms in total. The molecule has 1 aliphatic carbocycles.